The number of methoxy groups -OCH3 is 1. The van der Waals surface area contributed by atoms with Crippen molar-refractivity contribution in [1.82, 2.24) is 0 Å². The zero-order valence-corrected chi connectivity index (χ0v) is 22.5. The Kier molecular flexibility index (Phi) is 6.10. The van der Waals surface area contributed by atoms with Gasteiger partial charge in [0.1, 0.15) is 5.41 Å². The van der Waals surface area contributed by atoms with Crippen molar-refractivity contribution in [1.29, 1.82) is 0 Å². The lowest BCUT2D eigenvalue weighted by atomic mass is 9.49. The smallest absolute Gasteiger partial charge is 0.317 e. The van der Waals surface area contributed by atoms with Gasteiger partial charge in [-0.25, -0.2) is 0 Å². The summed E-state index contributed by atoms with van der Waals surface area (Å²) in [4.78, 5) is 13.6. The van der Waals surface area contributed by atoms with Crippen molar-refractivity contribution in [2.24, 2.45) is 16.7 Å². The third-order valence-corrected chi connectivity index (χ3v) is 13.7. The first kappa shape index (κ1) is 25.1. The van der Waals surface area contributed by atoms with Crippen molar-refractivity contribution in [3.05, 3.63) is 48.0 Å². The molecule has 192 valence electrons. The SMILES string of the molecule is COC(=O)[C@@]12CO[C@H]3C(O[Si](C)(C)C(C)(C)C)C=C[C@@](CO)([C@@H]4C[C@H]1O[C@H](c1ccccc1)O4)[C@@H]32. The molecule has 2 bridgehead atoms. The Morgan fingerprint density at radius 3 is 2.49 bits per heavy atom. The number of aliphatic hydroxyl groups is 1. The average molecular weight is 503 g/mol. The highest BCUT2D eigenvalue weighted by Gasteiger charge is 2.75. The Labute approximate surface area is 208 Å². The maximum Gasteiger partial charge on any atom is 0.317 e. The predicted molar refractivity (Wildman–Crippen MR) is 132 cm³/mol. The van der Waals surface area contributed by atoms with Gasteiger partial charge in [0.05, 0.1) is 44.7 Å². The number of fused-ring (bicyclic) bond motifs is 4. The van der Waals surface area contributed by atoms with Crippen molar-refractivity contribution in [3.8, 4) is 0 Å². The van der Waals surface area contributed by atoms with Crippen LogP contribution in [0.5, 0.6) is 0 Å². The molecule has 1 aromatic carbocycles. The number of ether oxygens (including phenoxy) is 4. The summed E-state index contributed by atoms with van der Waals surface area (Å²) in [5, 5.41) is 10.9. The molecule has 0 amide bonds. The second-order valence-corrected chi connectivity index (χ2v) is 16.7. The fourth-order valence-electron chi connectivity index (χ4n) is 6.34. The van der Waals surface area contributed by atoms with Crippen LogP contribution < -0.4 is 0 Å². The molecule has 1 aromatic rings. The van der Waals surface area contributed by atoms with Gasteiger partial charge in [0.2, 0.25) is 0 Å². The van der Waals surface area contributed by atoms with Gasteiger partial charge in [0, 0.05) is 23.3 Å². The fourth-order valence-corrected chi connectivity index (χ4v) is 7.58. The van der Waals surface area contributed by atoms with Gasteiger partial charge in [-0.15, -0.1) is 0 Å². The van der Waals surface area contributed by atoms with Crippen LogP contribution in [0, 0.1) is 16.7 Å². The molecule has 2 aliphatic heterocycles. The molecule has 35 heavy (non-hydrogen) atoms. The fraction of sp³-hybridized carbons (Fsp3) is 0.667. The van der Waals surface area contributed by atoms with Gasteiger partial charge in [0.25, 0.3) is 0 Å². The molecule has 0 spiro atoms. The number of esters is 1. The van der Waals surface area contributed by atoms with E-state index in [0.717, 1.165) is 5.56 Å². The highest BCUT2D eigenvalue weighted by Crippen LogP contribution is 2.64. The maximum absolute atomic E-state index is 13.6. The van der Waals surface area contributed by atoms with E-state index in [1.807, 2.05) is 42.5 Å². The second-order valence-electron chi connectivity index (χ2n) is 12.0. The van der Waals surface area contributed by atoms with Crippen LogP contribution in [0.4, 0.5) is 0 Å². The van der Waals surface area contributed by atoms with Crippen molar-refractivity contribution < 1.29 is 33.3 Å². The Morgan fingerprint density at radius 2 is 1.86 bits per heavy atom. The minimum absolute atomic E-state index is 0.0165. The first-order valence-corrected chi connectivity index (χ1v) is 15.4. The molecule has 4 aliphatic rings. The van der Waals surface area contributed by atoms with Crippen LogP contribution in [0.2, 0.25) is 18.1 Å². The molecular weight excluding hydrogens is 464 g/mol. The van der Waals surface area contributed by atoms with E-state index >= 15 is 0 Å². The van der Waals surface area contributed by atoms with Gasteiger partial charge in [0.15, 0.2) is 14.6 Å². The van der Waals surface area contributed by atoms with Crippen LogP contribution in [0.1, 0.15) is 39.0 Å². The van der Waals surface area contributed by atoms with Gasteiger partial charge in [-0.05, 0) is 18.1 Å². The van der Waals surface area contributed by atoms with Gasteiger partial charge in [-0.1, -0.05) is 63.3 Å². The molecule has 5 rings (SSSR count). The summed E-state index contributed by atoms with van der Waals surface area (Å²) >= 11 is 0. The van der Waals surface area contributed by atoms with E-state index in [-0.39, 0.29) is 36.4 Å². The minimum Gasteiger partial charge on any atom is -0.468 e. The molecule has 2 heterocycles. The van der Waals surface area contributed by atoms with Crippen LogP contribution in [-0.4, -0.2) is 64.1 Å². The zero-order chi connectivity index (χ0) is 25.2. The number of carbonyl (C=O) groups excluding carboxylic acids is 1. The molecular formula is C27H38O7Si. The lowest BCUT2D eigenvalue weighted by Gasteiger charge is -2.60. The second kappa shape index (κ2) is 8.50. The summed E-state index contributed by atoms with van der Waals surface area (Å²) in [7, 11) is -0.728. The minimum atomic E-state index is -2.14. The largest absolute Gasteiger partial charge is 0.468 e. The number of aliphatic hydroxyl groups excluding tert-OH is 1. The van der Waals surface area contributed by atoms with Crippen molar-refractivity contribution in [2.45, 2.75) is 76.0 Å². The average Bonchev–Trinajstić information content (AvgIpc) is 3.26. The molecule has 8 atom stereocenters. The third kappa shape index (κ3) is 3.60. The lowest BCUT2D eigenvalue weighted by Crippen LogP contribution is -2.69. The molecule has 0 radical (unpaired) electrons. The molecule has 8 heteroatoms. The Morgan fingerprint density at radius 1 is 1.17 bits per heavy atom. The Balaban J connectivity index is 1.60. The molecule has 2 aliphatic carbocycles. The molecule has 3 fully saturated rings. The van der Waals surface area contributed by atoms with Crippen LogP contribution in [-0.2, 0) is 28.2 Å². The molecule has 0 aromatic heterocycles. The van der Waals surface area contributed by atoms with Crippen LogP contribution >= 0.6 is 0 Å². The summed E-state index contributed by atoms with van der Waals surface area (Å²) in [6, 6.07) is 9.72. The summed E-state index contributed by atoms with van der Waals surface area (Å²) in [5.41, 5.74) is -0.992. The van der Waals surface area contributed by atoms with E-state index in [2.05, 4.69) is 33.9 Å². The van der Waals surface area contributed by atoms with Crippen molar-refractivity contribution in [2.75, 3.05) is 20.3 Å². The zero-order valence-electron chi connectivity index (χ0n) is 21.5. The Hall–Kier alpha value is -1.55. The number of hydrogen-bond acceptors (Lipinski definition) is 7. The highest BCUT2D eigenvalue weighted by atomic mass is 28.4. The summed E-state index contributed by atoms with van der Waals surface area (Å²) < 4.78 is 31.6. The van der Waals surface area contributed by atoms with Crippen molar-refractivity contribution >= 4 is 14.3 Å². The Bertz CT molecular complexity index is 989. The summed E-state index contributed by atoms with van der Waals surface area (Å²) in [6.45, 7) is 11.0. The quantitative estimate of drug-likeness (QED) is 0.370. The first-order chi connectivity index (χ1) is 16.5. The number of rotatable bonds is 5. The molecule has 1 saturated carbocycles. The van der Waals surface area contributed by atoms with Crippen LogP contribution in [0.15, 0.2) is 42.5 Å². The molecule has 2 saturated heterocycles. The lowest BCUT2D eigenvalue weighted by molar-refractivity contribution is -0.329. The first-order valence-electron chi connectivity index (χ1n) is 12.5. The molecule has 7 nitrogen and oxygen atoms in total. The normalized spacial score (nSPS) is 40.3. The van der Waals surface area contributed by atoms with E-state index in [4.69, 9.17) is 23.4 Å². The topological polar surface area (TPSA) is 83.5 Å². The van der Waals surface area contributed by atoms with E-state index in [1.54, 1.807) is 0 Å². The summed E-state index contributed by atoms with van der Waals surface area (Å²) in [6.07, 6.45) is 2.36. The van der Waals surface area contributed by atoms with E-state index < -0.39 is 43.6 Å². The van der Waals surface area contributed by atoms with Gasteiger partial charge < -0.3 is 28.5 Å². The standard InChI is InChI=1S/C27H38O7Si/c1-25(2,3)35(5,6)34-18-12-13-26(15-28)19-14-20(33-23(32-19)17-10-8-7-9-11-17)27(24(29)30-4)16-31-21(18)22(26)27/h7-13,18-23,28H,14-16H2,1-6H3/t18?,19-,20+,21-,22+,23+,26+,27-/m0/s1. The van der Waals surface area contributed by atoms with E-state index in [1.165, 1.54) is 7.11 Å². The third-order valence-electron chi connectivity index (χ3n) is 9.22. The van der Waals surface area contributed by atoms with Crippen molar-refractivity contribution in [3.63, 3.8) is 0 Å². The molecule has 1 N–H and O–H groups in total. The van der Waals surface area contributed by atoms with Crippen LogP contribution in [0.3, 0.4) is 0 Å². The number of benzene rings is 1. The maximum atomic E-state index is 13.6. The number of hydrogen-bond donors (Lipinski definition) is 1. The van der Waals surface area contributed by atoms with E-state index in [9.17, 15) is 9.90 Å². The van der Waals surface area contributed by atoms with E-state index in [0.29, 0.717) is 6.42 Å². The molecule has 1 unspecified atom stereocenters. The van der Waals surface area contributed by atoms with Gasteiger partial charge >= 0.3 is 5.97 Å². The number of carbonyl (C=O) groups is 1. The van der Waals surface area contributed by atoms with Crippen LogP contribution in [0.25, 0.3) is 0 Å². The summed E-state index contributed by atoms with van der Waals surface area (Å²) in [5.74, 6) is -0.756. The van der Waals surface area contributed by atoms with Gasteiger partial charge in [-0.2, -0.15) is 0 Å². The predicted octanol–water partition coefficient (Wildman–Crippen LogP) is 3.99. The van der Waals surface area contributed by atoms with Gasteiger partial charge in [-0.3, -0.25) is 4.79 Å². The highest BCUT2D eigenvalue weighted by molar-refractivity contribution is 6.74. The monoisotopic (exact) mass is 502 g/mol.